The van der Waals surface area contributed by atoms with Crippen molar-refractivity contribution in [3.63, 3.8) is 0 Å². The molecule has 1 aliphatic heterocycles. The van der Waals surface area contributed by atoms with E-state index >= 15 is 0 Å². The van der Waals surface area contributed by atoms with Crippen LogP contribution < -0.4 is 5.43 Å². The smallest absolute Gasteiger partial charge is 0.298 e. The van der Waals surface area contributed by atoms with Crippen LogP contribution >= 0.6 is 11.8 Å². The van der Waals surface area contributed by atoms with Gasteiger partial charge in [-0.05, 0) is 26.3 Å². The fourth-order valence-corrected chi connectivity index (χ4v) is 1.48. The highest BCUT2D eigenvalue weighted by molar-refractivity contribution is 8.12. The first-order chi connectivity index (χ1) is 6.22. The Morgan fingerprint density at radius 2 is 2.54 bits per heavy atom. The fraction of sp³-hybridized carbons (Fsp3) is 0.750. The highest BCUT2D eigenvalue weighted by Gasteiger charge is 2.16. The van der Waals surface area contributed by atoms with Crippen molar-refractivity contribution in [3.8, 4) is 0 Å². The zero-order valence-corrected chi connectivity index (χ0v) is 8.80. The molecule has 1 aliphatic rings. The number of thioether (sulfide) groups is 1. The second kappa shape index (κ2) is 5.24. The van der Waals surface area contributed by atoms with Crippen LogP contribution in [-0.4, -0.2) is 42.7 Å². The molecule has 0 aromatic rings. The minimum absolute atomic E-state index is 0.109. The van der Waals surface area contributed by atoms with E-state index in [0.29, 0.717) is 5.92 Å². The van der Waals surface area contributed by atoms with Gasteiger partial charge in [0.25, 0.3) is 5.24 Å². The molecule has 1 amide bonds. The van der Waals surface area contributed by atoms with Crippen molar-refractivity contribution in [1.29, 1.82) is 0 Å². The molecule has 0 aliphatic carbocycles. The van der Waals surface area contributed by atoms with Gasteiger partial charge in [0.15, 0.2) is 0 Å². The van der Waals surface area contributed by atoms with E-state index in [4.69, 9.17) is 0 Å². The van der Waals surface area contributed by atoms with E-state index in [1.165, 1.54) is 0 Å². The molecule has 4 nitrogen and oxygen atoms in total. The molecule has 1 heterocycles. The van der Waals surface area contributed by atoms with Crippen molar-refractivity contribution in [1.82, 2.24) is 10.3 Å². The van der Waals surface area contributed by atoms with Crippen LogP contribution in [0.5, 0.6) is 0 Å². The van der Waals surface area contributed by atoms with E-state index in [1.807, 2.05) is 6.21 Å². The topological polar surface area (TPSA) is 44.7 Å². The van der Waals surface area contributed by atoms with Gasteiger partial charge in [0.2, 0.25) is 0 Å². The van der Waals surface area contributed by atoms with Crippen molar-refractivity contribution in [2.24, 2.45) is 11.0 Å². The third kappa shape index (κ3) is 3.78. The molecule has 0 saturated carbocycles. The first kappa shape index (κ1) is 10.5. The average Bonchev–Trinajstić information content (AvgIpc) is 2.51. The summed E-state index contributed by atoms with van der Waals surface area (Å²) in [6.45, 7) is 2.16. The summed E-state index contributed by atoms with van der Waals surface area (Å²) in [6, 6.07) is 0. The third-order valence-corrected chi connectivity index (χ3v) is 2.52. The molecule has 0 bridgehead atoms. The number of hydrogen-bond acceptors (Lipinski definition) is 4. The molecule has 74 valence electrons. The number of hydrazone groups is 1. The van der Waals surface area contributed by atoms with Crippen LogP contribution in [0.1, 0.15) is 6.42 Å². The molecular formula is C8H15N3OS. The molecule has 1 rings (SSSR count). The van der Waals surface area contributed by atoms with Crippen molar-refractivity contribution >= 4 is 23.2 Å². The van der Waals surface area contributed by atoms with Gasteiger partial charge >= 0.3 is 0 Å². The van der Waals surface area contributed by atoms with Gasteiger partial charge < -0.3 is 4.90 Å². The second-order valence-electron chi connectivity index (χ2n) is 3.19. The number of likely N-dealkylation sites (tertiary alicyclic amines) is 1. The number of nitrogens with one attached hydrogen (secondary N) is 1. The maximum absolute atomic E-state index is 10.8. The normalized spacial score (nSPS) is 24.0. The Morgan fingerprint density at radius 3 is 3.08 bits per heavy atom. The van der Waals surface area contributed by atoms with Gasteiger partial charge in [-0.1, -0.05) is 11.8 Å². The average molecular weight is 201 g/mol. The summed E-state index contributed by atoms with van der Waals surface area (Å²) < 4.78 is 0. The lowest BCUT2D eigenvalue weighted by Crippen LogP contribution is -2.16. The van der Waals surface area contributed by atoms with Gasteiger partial charge in [-0.15, -0.1) is 0 Å². The van der Waals surface area contributed by atoms with Crippen LogP contribution in [0, 0.1) is 5.92 Å². The van der Waals surface area contributed by atoms with E-state index in [-0.39, 0.29) is 5.24 Å². The third-order valence-electron chi connectivity index (χ3n) is 2.05. The lowest BCUT2D eigenvalue weighted by atomic mass is 10.1. The number of hydrogen-bond donors (Lipinski definition) is 1. The summed E-state index contributed by atoms with van der Waals surface area (Å²) in [5, 5.41) is 3.78. The van der Waals surface area contributed by atoms with Gasteiger partial charge in [-0.25, -0.2) is 5.43 Å². The first-order valence-electron chi connectivity index (χ1n) is 4.28. The van der Waals surface area contributed by atoms with Crippen molar-refractivity contribution in [2.75, 3.05) is 26.4 Å². The summed E-state index contributed by atoms with van der Waals surface area (Å²) in [5.74, 6) is 0.493. The number of carbonyl (C=O) groups excluding carboxylic acids is 1. The van der Waals surface area contributed by atoms with Crippen LogP contribution in [-0.2, 0) is 0 Å². The number of rotatable bonds is 2. The Bertz CT molecular complexity index is 208. The van der Waals surface area contributed by atoms with Gasteiger partial charge in [-0.3, -0.25) is 4.79 Å². The molecular weight excluding hydrogens is 186 g/mol. The van der Waals surface area contributed by atoms with Gasteiger partial charge in [0, 0.05) is 18.7 Å². The maximum atomic E-state index is 10.8. The molecule has 0 aromatic heterocycles. The molecule has 1 saturated heterocycles. The summed E-state index contributed by atoms with van der Waals surface area (Å²) >= 11 is 1.13. The summed E-state index contributed by atoms with van der Waals surface area (Å²) in [7, 11) is 2.09. The molecule has 1 atom stereocenters. The molecule has 13 heavy (non-hydrogen) atoms. The molecule has 0 aromatic carbocycles. The van der Waals surface area contributed by atoms with E-state index in [1.54, 1.807) is 6.26 Å². The number of nitrogens with zero attached hydrogens (tertiary/aromatic N) is 2. The second-order valence-corrected chi connectivity index (χ2v) is 3.97. The Kier molecular flexibility index (Phi) is 4.24. The van der Waals surface area contributed by atoms with E-state index < -0.39 is 0 Å². The van der Waals surface area contributed by atoms with Crippen LogP contribution in [0.3, 0.4) is 0 Å². The monoisotopic (exact) mass is 201 g/mol. The minimum Gasteiger partial charge on any atom is -0.306 e. The van der Waals surface area contributed by atoms with Crippen molar-refractivity contribution in [2.45, 2.75) is 6.42 Å². The molecule has 1 N–H and O–H groups in total. The summed E-state index contributed by atoms with van der Waals surface area (Å²) in [4.78, 5) is 13.0. The zero-order valence-electron chi connectivity index (χ0n) is 7.99. The zero-order chi connectivity index (χ0) is 9.68. The van der Waals surface area contributed by atoms with E-state index in [2.05, 4.69) is 22.5 Å². The van der Waals surface area contributed by atoms with E-state index in [0.717, 1.165) is 31.3 Å². The molecule has 5 heteroatoms. The highest BCUT2D eigenvalue weighted by Crippen LogP contribution is 2.11. The number of carbonyl (C=O) groups is 1. The first-order valence-corrected chi connectivity index (χ1v) is 5.50. The Hall–Kier alpha value is -0.550. The predicted octanol–water partition coefficient (Wildman–Crippen LogP) is 0.996. The maximum Gasteiger partial charge on any atom is 0.298 e. The van der Waals surface area contributed by atoms with Crippen LogP contribution in [0.15, 0.2) is 5.10 Å². The van der Waals surface area contributed by atoms with E-state index in [9.17, 15) is 4.79 Å². The quantitative estimate of drug-likeness (QED) is 0.535. The lowest BCUT2D eigenvalue weighted by molar-refractivity contribution is 0.261. The predicted molar refractivity (Wildman–Crippen MR) is 56.1 cm³/mol. The molecule has 0 spiro atoms. The Morgan fingerprint density at radius 1 is 1.77 bits per heavy atom. The minimum atomic E-state index is -0.109. The molecule has 1 fully saturated rings. The number of amides is 1. The van der Waals surface area contributed by atoms with Gasteiger partial charge in [-0.2, -0.15) is 5.10 Å². The molecule has 0 radical (unpaired) electrons. The Balaban J connectivity index is 2.20. The SMILES string of the molecule is CSC(=O)N/N=C/[C@@H]1CCN(C)C1. The standard InChI is InChI=1S/C8H15N3OS/c1-11-4-3-7(6-11)5-9-10-8(12)13-2/h5,7H,3-4,6H2,1-2H3,(H,10,12)/b9-5+/t7-/m0/s1. The summed E-state index contributed by atoms with van der Waals surface area (Å²) in [6.07, 6.45) is 4.70. The summed E-state index contributed by atoms with van der Waals surface area (Å²) in [5.41, 5.74) is 2.45. The molecule has 0 unspecified atom stereocenters. The van der Waals surface area contributed by atoms with Gasteiger partial charge in [0.1, 0.15) is 0 Å². The largest absolute Gasteiger partial charge is 0.306 e. The lowest BCUT2D eigenvalue weighted by Gasteiger charge is -2.04. The van der Waals surface area contributed by atoms with Crippen LogP contribution in [0.25, 0.3) is 0 Å². The Labute approximate surface area is 82.7 Å². The highest BCUT2D eigenvalue weighted by atomic mass is 32.2. The van der Waals surface area contributed by atoms with Gasteiger partial charge in [0.05, 0.1) is 0 Å². The van der Waals surface area contributed by atoms with Crippen molar-refractivity contribution in [3.05, 3.63) is 0 Å². The van der Waals surface area contributed by atoms with Crippen molar-refractivity contribution < 1.29 is 4.79 Å². The fourth-order valence-electron chi connectivity index (χ4n) is 1.33. The van der Waals surface area contributed by atoms with Crippen LogP contribution in [0.4, 0.5) is 4.79 Å². The van der Waals surface area contributed by atoms with Crippen LogP contribution in [0.2, 0.25) is 0 Å².